The van der Waals surface area contributed by atoms with Crippen LogP contribution < -0.4 is 0 Å². The third kappa shape index (κ3) is 4.74. The monoisotopic (exact) mass is 739 g/mol. The van der Waals surface area contributed by atoms with Crippen molar-refractivity contribution in [1.29, 1.82) is 0 Å². The first-order valence-electron chi connectivity index (χ1n) is 20.1. The molecule has 1 aliphatic rings. The van der Waals surface area contributed by atoms with Crippen LogP contribution in [-0.4, -0.2) is 14.5 Å². The Balaban J connectivity index is 1.07. The molecule has 0 radical (unpaired) electrons. The molecule has 2 aromatic heterocycles. The Morgan fingerprint density at radius 2 is 1.02 bits per heavy atom. The van der Waals surface area contributed by atoms with Crippen LogP contribution in [0.5, 0.6) is 0 Å². The quantitative estimate of drug-likeness (QED) is 0.180. The Hall–Kier alpha value is -7.36. The van der Waals surface area contributed by atoms with E-state index in [0.717, 1.165) is 38.8 Å². The Bertz CT molecular complexity index is 3470. The van der Waals surface area contributed by atoms with Crippen molar-refractivity contribution in [3.05, 3.63) is 199 Å². The third-order valence-electron chi connectivity index (χ3n) is 12.6. The minimum atomic E-state index is -0.101. The molecule has 0 spiro atoms. The Morgan fingerprint density at radius 3 is 1.86 bits per heavy atom. The average molecular weight is 740 g/mol. The normalized spacial score (nSPS) is 13.1. The highest BCUT2D eigenvalue weighted by molar-refractivity contribution is 6.14. The molecule has 0 bridgehead atoms. The maximum Gasteiger partial charge on any atom is 0.235 e. The minimum absolute atomic E-state index is 0.101. The number of aromatic nitrogens is 3. The largest absolute Gasteiger partial charge is 0.277 e. The Labute approximate surface area is 336 Å². The van der Waals surface area contributed by atoms with Gasteiger partial charge in [-0.05, 0) is 78.7 Å². The maximum absolute atomic E-state index is 5.49. The van der Waals surface area contributed by atoms with Gasteiger partial charge in [-0.2, -0.15) is 0 Å². The Kier molecular flexibility index (Phi) is 6.98. The molecule has 2 heterocycles. The second-order valence-electron chi connectivity index (χ2n) is 16.1. The van der Waals surface area contributed by atoms with Gasteiger partial charge in [0.25, 0.3) is 0 Å². The van der Waals surface area contributed by atoms with E-state index in [-0.39, 0.29) is 5.41 Å². The van der Waals surface area contributed by atoms with Gasteiger partial charge in [0.1, 0.15) is 0 Å². The van der Waals surface area contributed by atoms with E-state index in [2.05, 4.69) is 206 Å². The maximum atomic E-state index is 5.49. The molecular formula is C55H37N3. The molecule has 58 heavy (non-hydrogen) atoms. The summed E-state index contributed by atoms with van der Waals surface area (Å²) in [5, 5.41) is 8.44. The predicted octanol–water partition coefficient (Wildman–Crippen LogP) is 14.3. The minimum Gasteiger partial charge on any atom is -0.277 e. The summed E-state index contributed by atoms with van der Waals surface area (Å²) in [6.45, 7) is 4.72. The van der Waals surface area contributed by atoms with Crippen molar-refractivity contribution >= 4 is 54.3 Å². The summed E-state index contributed by atoms with van der Waals surface area (Å²) < 4.78 is 2.29. The molecule has 9 aromatic carbocycles. The van der Waals surface area contributed by atoms with Crippen molar-refractivity contribution in [2.24, 2.45) is 0 Å². The van der Waals surface area contributed by atoms with Crippen LogP contribution in [0.25, 0.3) is 105 Å². The molecule has 12 rings (SSSR count). The zero-order valence-corrected chi connectivity index (χ0v) is 32.2. The van der Waals surface area contributed by atoms with E-state index < -0.39 is 0 Å². The van der Waals surface area contributed by atoms with Crippen molar-refractivity contribution < 1.29 is 0 Å². The molecule has 0 amide bonds. The number of rotatable bonds is 4. The van der Waals surface area contributed by atoms with Crippen molar-refractivity contribution in [2.75, 3.05) is 0 Å². The van der Waals surface area contributed by atoms with E-state index in [9.17, 15) is 0 Å². The molecule has 0 fully saturated rings. The highest BCUT2D eigenvalue weighted by Gasteiger charge is 2.36. The molecule has 3 nitrogen and oxygen atoms in total. The van der Waals surface area contributed by atoms with Gasteiger partial charge in [-0.1, -0.05) is 184 Å². The molecule has 11 aromatic rings. The predicted molar refractivity (Wildman–Crippen MR) is 243 cm³/mol. The van der Waals surface area contributed by atoms with Gasteiger partial charge in [0.05, 0.1) is 22.2 Å². The van der Waals surface area contributed by atoms with E-state index in [1.54, 1.807) is 0 Å². The van der Waals surface area contributed by atoms with E-state index in [0.29, 0.717) is 5.95 Å². The van der Waals surface area contributed by atoms with Gasteiger partial charge in [-0.3, -0.25) is 4.57 Å². The third-order valence-corrected chi connectivity index (χ3v) is 12.6. The van der Waals surface area contributed by atoms with Gasteiger partial charge in [-0.25, -0.2) is 9.97 Å². The molecule has 272 valence electrons. The van der Waals surface area contributed by atoms with E-state index in [1.807, 2.05) is 0 Å². The number of para-hydroxylation sites is 3. The molecule has 1 aliphatic carbocycles. The van der Waals surface area contributed by atoms with Crippen LogP contribution in [0.15, 0.2) is 188 Å². The van der Waals surface area contributed by atoms with Gasteiger partial charge >= 0.3 is 0 Å². The first-order chi connectivity index (χ1) is 28.5. The number of hydrogen-bond donors (Lipinski definition) is 0. The summed E-state index contributed by atoms with van der Waals surface area (Å²) in [5.41, 5.74) is 15.1. The van der Waals surface area contributed by atoms with Crippen LogP contribution in [0.2, 0.25) is 0 Å². The lowest BCUT2D eigenvalue weighted by Crippen LogP contribution is -2.14. The van der Waals surface area contributed by atoms with Crippen molar-refractivity contribution in [3.8, 4) is 50.6 Å². The van der Waals surface area contributed by atoms with Gasteiger partial charge < -0.3 is 0 Å². The molecule has 0 atom stereocenters. The lowest BCUT2D eigenvalue weighted by molar-refractivity contribution is 0.661. The van der Waals surface area contributed by atoms with Crippen LogP contribution in [0.1, 0.15) is 25.0 Å². The number of nitrogens with zero attached hydrogens (tertiary/aromatic N) is 3. The first-order valence-corrected chi connectivity index (χ1v) is 20.1. The molecule has 0 unspecified atom stereocenters. The standard InChI is InChI=1S/C55H37N3/c1-55(2)47-31-30-38(33-46(47)51-41-17-6-4-14-35(41)29-32-48(51)55)42-21-12-22-44-43-18-8-10-24-50(43)58(53(42)44)54-56-49-23-9-7-19-45(49)52(57-54)37-27-25-36(26-28-37)40-20-11-15-34-13-3-5-16-39(34)40/h3-33H,1-2H3. The lowest BCUT2D eigenvalue weighted by Gasteiger charge is -2.21. The van der Waals surface area contributed by atoms with Crippen LogP contribution in [0.3, 0.4) is 0 Å². The van der Waals surface area contributed by atoms with E-state index in [1.165, 1.54) is 71.3 Å². The lowest BCUT2D eigenvalue weighted by atomic mass is 9.82. The Morgan fingerprint density at radius 1 is 0.414 bits per heavy atom. The fourth-order valence-corrected chi connectivity index (χ4v) is 9.82. The number of hydrogen-bond acceptors (Lipinski definition) is 2. The number of benzene rings is 9. The van der Waals surface area contributed by atoms with E-state index in [4.69, 9.17) is 9.97 Å². The first kappa shape index (κ1) is 32.8. The van der Waals surface area contributed by atoms with Gasteiger partial charge in [-0.15, -0.1) is 0 Å². The summed E-state index contributed by atoms with van der Waals surface area (Å²) in [7, 11) is 0. The van der Waals surface area contributed by atoms with Crippen LogP contribution >= 0.6 is 0 Å². The van der Waals surface area contributed by atoms with Crippen LogP contribution in [0.4, 0.5) is 0 Å². The molecular weight excluding hydrogens is 703 g/mol. The molecule has 3 heteroatoms. The SMILES string of the molecule is CC1(C)c2ccc(-c3cccc4c5ccccc5n(-c5nc(-c6ccc(-c7cccc8ccccc78)cc6)c6ccccc6n5)c34)cc2-c2c1ccc1ccccc21. The topological polar surface area (TPSA) is 30.7 Å². The summed E-state index contributed by atoms with van der Waals surface area (Å²) in [6, 6.07) is 68.2. The molecule has 0 N–H and O–H groups in total. The second kappa shape index (κ2) is 12.3. The average Bonchev–Trinajstić information content (AvgIpc) is 3.74. The second-order valence-corrected chi connectivity index (χ2v) is 16.1. The fraction of sp³-hybridized carbons (Fsp3) is 0.0545. The molecule has 0 saturated heterocycles. The zero-order valence-electron chi connectivity index (χ0n) is 32.2. The van der Waals surface area contributed by atoms with Crippen LogP contribution in [-0.2, 0) is 5.41 Å². The van der Waals surface area contributed by atoms with Crippen molar-refractivity contribution in [3.63, 3.8) is 0 Å². The summed E-state index contributed by atoms with van der Waals surface area (Å²) in [4.78, 5) is 10.8. The van der Waals surface area contributed by atoms with Gasteiger partial charge in [0.2, 0.25) is 5.95 Å². The summed E-state index contributed by atoms with van der Waals surface area (Å²) >= 11 is 0. The highest BCUT2D eigenvalue weighted by Crippen LogP contribution is 2.52. The van der Waals surface area contributed by atoms with Gasteiger partial charge in [0.15, 0.2) is 0 Å². The van der Waals surface area contributed by atoms with E-state index >= 15 is 0 Å². The van der Waals surface area contributed by atoms with Crippen molar-refractivity contribution in [1.82, 2.24) is 14.5 Å². The summed E-state index contributed by atoms with van der Waals surface area (Å²) in [6.07, 6.45) is 0. The molecule has 0 aliphatic heterocycles. The molecule has 0 saturated carbocycles. The highest BCUT2D eigenvalue weighted by atomic mass is 15.2. The van der Waals surface area contributed by atoms with Gasteiger partial charge in [0, 0.05) is 32.7 Å². The summed E-state index contributed by atoms with van der Waals surface area (Å²) in [5.74, 6) is 0.657. The zero-order chi connectivity index (χ0) is 38.5. The number of fused-ring (bicyclic) bond motifs is 10. The fourth-order valence-electron chi connectivity index (χ4n) is 9.82. The van der Waals surface area contributed by atoms with Crippen molar-refractivity contribution in [2.45, 2.75) is 19.3 Å². The van der Waals surface area contributed by atoms with Crippen LogP contribution in [0, 0.1) is 0 Å². The smallest absolute Gasteiger partial charge is 0.235 e.